The van der Waals surface area contributed by atoms with Crippen molar-refractivity contribution in [2.45, 2.75) is 38.8 Å². The second-order valence-corrected chi connectivity index (χ2v) is 6.44. The van der Waals surface area contributed by atoms with Gasteiger partial charge in [-0.15, -0.1) is 0 Å². The van der Waals surface area contributed by atoms with Crippen LogP contribution in [0.25, 0.3) is 0 Å². The maximum Gasteiger partial charge on any atom is 0.320 e. The molecule has 2 atom stereocenters. The molecular formula is C17H28N2O2S. The lowest BCUT2D eigenvalue weighted by Gasteiger charge is -2.23. The molecule has 1 rings (SSSR count). The van der Waals surface area contributed by atoms with E-state index in [0.717, 1.165) is 18.7 Å². The van der Waals surface area contributed by atoms with Gasteiger partial charge in [-0.25, -0.2) is 0 Å². The number of carbonyl (C=O) groups is 1. The molecule has 0 amide bonds. The highest BCUT2D eigenvalue weighted by molar-refractivity contribution is 7.80. The van der Waals surface area contributed by atoms with E-state index in [4.69, 9.17) is 0 Å². The minimum atomic E-state index is -0.777. The van der Waals surface area contributed by atoms with Crippen molar-refractivity contribution in [2.24, 2.45) is 5.92 Å². The maximum absolute atomic E-state index is 11.3. The summed E-state index contributed by atoms with van der Waals surface area (Å²) in [6.07, 6.45) is 1.51. The molecule has 1 unspecified atom stereocenters. The van der Waals surface area contributed by atoms with Crippen LogP contribution in [0.15, 0.2) is 30.3 Å². The smallest absolute Gasteiger partial charge is 0.320 e. The molecule has 0 saturated heterocycles. The van der Waals surface area contributed by atoms with Gasteiger partial charge >= 0.3 is 5.97 Å². The van der Waals surface area contributed by atoms with Crippen molar-refractivity contribution in [3.8, 4) is 0 Å². The Bertz CT molecular complexity index is 426. The van der Waals surface area contributed by atoms with Gasteiger partial charge in [-0.1, -0.05) is 44.2 Å². The molecule has 0 aromatic heterocycles. The molecule has 124 valence electrons. The maximum atomic E-state index is 11.3. The number of aliphatic carboxylic acids is 1. The van der Waals surface area contributed by atoms with E-state index in [1.165, 1.54) is 5.56 Å². The van der Waals surface area contributed by atoms with Crippen molar-refractivity contribution in [2.75, 3.05) is 18.8 Å². The van der Waals surface area contributed by atoms with Gasteiger partial charge in [-0.2, -0.15) is 12.6 Å². The summed E-state index contributed by atoms with van der Waals surface area (Å²) in [5.41, 5.74) is 1.25. The molecule has 0 radical (unpaired) electrons. The van der Waals surface area contributed by atoms with Crippen molar-refractivity contribution in [1.29, 1.82) is 0 Å². The highest BCUT2D eigenvalue weighted by Crippen LogP contribution is 2.07. The minimum absolute atomic E-state index is 0.198. The van der Waals surface area contributed by atoms with Crippen LogP contribution in [0.5, 0.6) is 0 Å². The Labute approximate surface area is 139 Å². The van der Waals surface area contributed by atoms with Gasteiger partial charge < -0.3 is 15.7 Å². The number of nitrogens with one attached hydrogen (secondary N) is 2. The number of carboxylic acid groups (broad SMARTS) is 1. The van der Waals surface area contributed by atoms with Crippen LogP contribution in [-0.4, -0.2) is 42.0 Å². The zero-order valence-electron chi connectivity index (χ0n) is 13.5. The van der Waals surface area contributed by atoms with Gasteiger partial charge in [0.1, 0.15) is 6.04 Å². The first-order valence-electron chi connectivity index (χ1n) is 7.87. The molecule has 0 saturated carbocycles. The lowest BCUT2D eigenvalue weighted by molar-refractivity contribution is -0.139. The van der Waals surface area contributed by atoms with Crippen LogP contribution < -0.4 is 10.6 Å². The van der Waals surface area contributed by atoms with E-state index in [2.05, 4.69) is 35.4 Å². The predicted molar refractivity (Wildman–Crippen MR) is 94.7 cm³/mol. The number of hydrogen-bond donors (Lipinski definition) is 4. The summed E-state index contributed by atoms with van der Waals surface area (Å²) in [5.74, 6) is 0.340. The summed E-state index contributed by atoms with van der Waals surface area (Å²) in [4.78, 5) is 11.3. The van der Waals surface area contributed by atoms with Gasteiger partial charge in [0.05, 0.1) is 0 Å². The second-order valence-electron chi connectivity index (χ2n) is 5.99. The SMILES string of the molecule is CC(C)C[C@H](NCC(Cc1ccccc1)NCCS)C(=O)O. The molecule has 0 aliphatic heterocycles. The molecule has 0 spiro atoms. The molecule has 1 aromatic rings. The standard InChI is InChI=1S/C17H28N2O2S/c1-13(2)10-16(17(20)21)19-12-15(18-8-9-22)11-14-6-4-3-5-7-14/h3-7,13,15-16,18-19,22H,8-12H2,1-2H3,(H,20,21)/t15?,16-/m0/s1. The van der Waals surface area contributed by atoms with Crippen LogP contribution in [0.1, 0.15) is 25.8 Å². The molecule has 22 heavy (non-hydrogen) atoms. The largest absolute Gasteiger partial charge is 0.480 e. The van der Waals surface area contributed by atoms with Gasteiger partial charge in [-0.05, 0) is 24.3 Å². The van der Waals surface area contributed by atoms with E-state index >= 15 is 0 Å². The van der Waals surface area contributed by atoms with Crippen molar-refractivity contribution in [1.82, 2.24) is 10.6 Å². The molecule has 3 N–H and O–H groups in total. The number of thiol groups is 1. The van der Waals surface area contributed by atoms with E-state index in [0.29, 0.717) is 18.9 Å². The first kappa shape index (κ1) is 19.0. The summed E-state index contributed by atoms with van der Waals surface area (Å²) >= 11 is 4.23. The van der Waals surface area contributed by atoms with E-state index < -0.39 is 12.0 Å². The third kappa shape index (κ3) is 7.82. The Hall–Kier alpha value is -1.04. The minimum Gasteiger partial charge on any atom is -0.480 e. The average molecular weight is 324 g/mol. The summed E-state index contributed by atoms with van der Waals surface area (Å²) in [6.45, 7) is 5.52. The van der Waals surface area contributed by atoms with Crippen LogP contribution in [0.4, 0.5) is 0 Å². The Balaban J connectivity index is 2.57. The quantitative estimate of drug-likeness (QED) is 0.471. The van der Waals surface area contributed by atoms with Crippen LogP contribution in [0.2, 0.25) is 0 Å². The van der Waals surface area contributed by atoms with Crippen LogP contribution in [0, 0.1) is 5.92 Å². The summed E-state index contributed by atoms with van der Waals surface area (Å²) in [5, 5.41) is 15.9. The summed E-state index contributed by atoms with van der Waals surface area (Å²) in [6, 6.07) is 9.95. The van der Waals surface area contributed by atoms with Gasteiger partial charge in [0.2, 0.25) is 0 Å². The van der Waals surface area contributed by atoms with Crippen LogP contribution in [-0.2, 0) is 11.2 Å². The van der Waals surface area contributed by atoms with Crippen LogP contribution in [0.3, 0.4) is 0 Å². The first-order chi connectivity index (χ1) is 10.5. The van der Waals surface area contributed by atoms with Crippen molar-refractivity contribution in [3.05, 3.63) is 35.9 Å². The summed E-state index contributed by atoms with van der Waals surface area (Å²) in [7, 11) is 0. The Morgan fingerprint density at radius 1 is 1.23 bits per heavy atom. The Kier molecular flexibility index (Phi) is 9.20. The molecule has 4 nitrogen and oxygen atoms in total. The summed E-state index contributed by atoms with van der Waals surface area (Å²) < 4.78 is 0. The number of hydrogen-bond acceptors (Lipinski definition) is 4. The number of carboxylic acids is 1. The molecular weight excluding hydrogens is 296 g/mol. The zero-order valence-corrected chi connectivity index (χ0v) is 14.4. The second kappa shape index (κ2) is 10.6. The fraction of sp³-hybridized carbons (Fsp3) is 0.588. The fourth-order valence-corrected chi connectivity index (χ4v) is 2.54. The van der Waals surface area contributed by atoms with Crippen molar-refractivity contribution < 1.29 is 9.90 Å². The van der Waals surface area contributed by atoms with E-state index in [9.17, 15) is 9.90 Å². The molecule has 0 aliphatic rings. The van der Waals surface area contributed by atoms with Crippen molar-refractivity contribution >= 4 is 18.6 Å². The van der Waals surface area contributed by atoms with E-state index in [-0.39, 0.29) is 6.04 Å². The molecule has 1 aromatic carbocycles. The highest BCUT2D eigenvalue weighted by Gasteiger charge is 2.20. The third-order valence-electron chi connectivity index (χ3n) is 3.49. The lowest BCUT2D eigenvalue weighted by Crippen LogP contribution is -2.47. The van der Waals surface area contributed by atoms with Gasteiger partial charge in [0.15, 0.2) is 0 Å². The molecule has 0 heterocycles. The predicted octanol–water partition coefficient (Wildman–Crippen LogP) is 2.21. The Morgan fingerprint density at radius 2 is 1.91 bits per heavy atom. The fourth-order valence-electron chi connectivity index (χ4n) is 2.41. The number of benzene rings is 1. The van der Waals surface area contributed by atoms with E-state index in [1.807, 2.05) is 32.0 Å². The van der Waals surface area contributed by atoms with Gasteiger partial charge in [0.25, 0.3) is 0 Å². The normalized spacial score (nSPS) is 14.0. The highest BCUT2D eigenvalue weighted by atomic mass is 32.1. The number of rotatable bonds is 11. The topological polar surface area (TPSA) is 61.4 Å². The molecule has 0 bridgehead atoms. The molecule has 5 heteroatoms. The average Bonchev–Trinajstić information content (AvgIpc) is 2.49. The zero-order chi connectivity index (χ0) is 16.4. The van der Waals surface area contributed by atoms with Gasteiger partial charge in [-0.3, -0.25) is 4.79 Å². The monoisotopic (exact) mass is 324 g/mol. The Morgan fingerprint density at radius 3 is 2.45 bits per heavy atom. The van der Waals surface area contributed by atoms with E-state index in [1.54, 1.807) is 0 Å². The van der Waals surface area contributed by atoms with Crippen LogP contribution >= 0.6 is 12.6 Å². The van der Waals surface area contributed by atoms with Gasteiger partial charge in [0, 0.05) is 24.9 Å². The van der Waals surface area contributed by atoms with Crippen molar-refractivity contribution in [3.63, 3.8) is 0 Å². The lowest BCUT2D eigenvalue weighted by atomic mass is 10.0. The first-order valence-corrected chi connectivity index (χ1v) is 8.50. The third-order valence-corrected chi connectivity index (χ3v) is 3.71. The molecule has 0 fully saturated rings. The molecule has 0 aliphatic carbocycles.